The molecule has 0 saturated carbocycles. The van der Waals surface area contributed by atoms with Crippen LogP contribution >= 0.6 is 0 Å². The molecule has 1 unspecified atom stereocenters. The maximum absolute atomic E-state index is 12.8. The summed E-state index contributed by atoms with van der Waals surface area (Å²) in [6.07, 6.45) is 9.74. The Labute approximate surface area is 295 Å². The van der Waals surface area contributed by atoms with Crippen molar-refractivity contribution >= 4 is 40.5 Å². The molecule has 2 N–H and O–H groups in total. The highest BCUT2D eigenvalue weighted by atomic mass is 16.2. The van der Waals surface area contributed by atoms with Crippen LogP contribution in [0.2, 0.25) is 0 Å². The lowest BCUT2D eigenvalue weighted by Crippen LogP contribution is -2.39. The van der Waals surface area contributed by atoms with Crippen LogP contribution in [0, 0.1) is 0 Å². The Morgan fingerprint density at radius 2 is 1.88 bits per heavy atom. The second kappa shape index (κ2) is 14.5. The van der Waals surface area contributed by atoms with Crippen LogP contribution in [0.25, 0.3) is 39.4 Å². The van der Waals surface area contributed by atoms with E-state index in [1.54, 1.807) is 19.2 Å². The number of imidazole rings is 1. The summed E-state index contributed by atoms with van der Waals surface area (Å²) in [5.74, 6) is 0.0211. The molecule has 0 spiro atoms. The normalized spacial score (nSPS) is 16.0. The van der Waals surface area contributed by atoms with E-state index in [-0.39, 0.29) is 29.5 Å². The molecular formula is C40H39N7O4. The molecule has 51 heavy (non-hydrogen) atoms. The number of aromatic nitrogens is 4. The Balaban J connectivity index is 0.988. The van der Waals surface area contributed by atoms with Crippen LogP contribution in [-0.2, 0) is 33.9 Å². The molecule has 0 radical (unpaired) electrons. The predicted octanol–water partition coefficient (Wildman–Crippen LogP) is 5.44. The van der Waals surface area contributed by atoms with Gasteiger partial charge < -0.3 is 14.8 Å². The Morgan fingerprint density at radius 1 is 1.02 bits per heavy atom. The van der Waals surface area contributed by atoms with Gasteiger partial charge in [0.2, 0.25) is 17.7 Å². The summed E-state index contributed by atoms with van der Waals surface area (Å²) in [6, 6.07) is 19.4. The lowest BCUT2D eigenvalue weighted by molar-refractivity contribution is -0.134. The van der Waals surface area contributed by atoms with Crippen LogP contribution in [0.1, 0.15) is 72.2 Å². The number of piperidine rings is 1. The summed E-state index contributed by atoms with van der Waals surface area (Å²) in [4.78, 5) is 64.8. The van der Waals surface area contributed by atoms with Crippen molar-refractivity contribution in [3.8, 4) is 22.5 Å². The van der Waals surface area contributed by atoms with Gasteiger partial charge in [-0.15, -0.1) is 0 Å². The van der Waals surface area contributed by atoms with Crippen molar-refractivity contribution in [2.45, 2.75) is 58.5 Å². The molecule has 0 aliphatic carbocycles. The zero-order valence-electron chi connectivity index (χ0n) is 28.7. The highest BCUT2D eigenvalue weighted by Gasteiger charge is 2.28. The molecule has 11 nitrogen and oxygen atoms in total. The molecule has 2 aliphatic rings. The van der Waals surface area contributed by atoms with Crippen molar-refractivity contribution in [3.05, 3.63) is 107 Å². The van der Waals surface area contributed by atoms with Gasteiger partial charge in [-0.2, -0.15) is 0 Å². The van der Waals surface area contributed by atoms with Gasteiger partial charge in [0.25, 0.3) is 5.91 Å². The number of aryl methyl sites for hydroxylation is 1. The van der Waals surface area contributed by atoms with E-state index in [2.05, 4.69) is 33.2 Å². The van der Waals surface area contributed by atoms with Gasteiger partial charge in [0.15, 0.2) is 0 Å². The quantitative estimate of drug-likeness (QED) is 0.156. The van der Waals surface area contributed by atoms with E-state index in [1.807, 2.05) is 71.8 Å². The fourth-order valence-electron chi connectivity index (χ4n) is 6.88. The molecular weight excluding hydrogens is 642 g/mol. The van der Waals surface area contributed by atoms with E-state index >= 15 is 0 Å². The number of benzene rings is 2. The SMILES string of the molecule is CCc1nc(-c2cccc3cc(-c4ccc(C(=O)NCC/C=C/c5cccc(C6CCC(=O)NC6=O)c5)nc4)ncc23)c2n1CCN(C(C)=O)C2. The number of hydrogen-bond acceptors (Lipinski definition) is 7. The van der Waals surface area contributed by atoms with Gasteiger partial charge in [0.1, 0.15) is 11.5 Å². The number of amides is 4. The van der Waals surface area contributed by atoms with Crippen LogP contribution < -0.4 is 10.6 Å². The third-order valence-electron chi connectivity index (χ3n) is 9.62. The molecule has 11 heteroatoms. The topological polar surface area (TPSA) is 139 Å². The summed E-state index contributed by atoms with van der Waals surface area (Å²) in [7, 11) is 0. The number of imide groups is 1. The maximum Gasteiger partial charge on any atom is 0.269 e. The highest BCUT2D eigenvalue weighted by molar-refractivity contribution is 6.01. The van der Waals surface area contributed by atoms with Crippen molar-refractivity contribution in [1.29, 1.82) is 0 Å². The van der Waals surface area contributed by atoms with Gasteiger partial charge in [0.05, 0.1) is 29.5 Å². The molecule has 2 aliphatic heterocycles. The minimum Gasteiger partial charge on any atom is -0.350 e. The average molecular weight is 682 g/mol. The number of nitrogens with zero attached hydrogens (tertiary/aromatic N) is 5. The molecule has 7 rings (SSSR count). The van der Waals surface area contributed by atoms with E-state index in [1.165, 1.54) is 0 Å². The molecule has 1 saturated heterocycles. The van der Waals surface area contributed by atoms with Crippen LogP contribution in [0.15, 0.2) is 79.1 Å². The summed E-state index contributed by atoms with van der Waals surface area (Å²) in [5, 5.41) is 7.32. The summed E-state index contributed by atoms with van der Waals surface area (Å²) < 4.78 is 2.25. The van der Waals surface area contributed by atoms with Gasteiger partial charge in [0, 0.05) is 68.3 Å². The largest absolute Gasteiger partial charge is 0.350 e. The molecule has 5 heterocycles. The second-order valence-electron chi connectivity index (χ2n) is 12.9. The maximum atomic E-state index is 12.8. The molecule has 1 fully saturated rings. The molecule has 2 aromatic carbocycles. The zero-order chi connectivity index (χ0) is 35.5. The summed E-state index contributed by atoms with van der Waals surface area (Å²) in [5.41, 5.74) is 6.63. The first-order valence-electron chi connectivity index (χ1n) is 17.4. The molecule has 1 atom stereocenters. The summed E-state index contributed by atoms with van der Waals surface area (Å²) in [6.45, 7) is 6.10. The summed E-state index contributed by atoms with van der Waals surface area (Å²) >= 11 is 0. The predicted molar refractivity (Wildman–Crippen MR) is 194 cm³/mol. The standard InChI is InChI=1S/C40H39N7O4/c1-3-36-44-38(35-24-46(25(2)48)18-19-47(35)36)31-12-7-11-28-21-34(43-23-32(28)31)29-13-15-33(42-22-29)40(51)41-17-5-4-8-26-9-6-10-27(20-26)30-14-16-37(49)45-39(30)50/h4,6-13,15,20-23,30H,3,5,14,16-19,24H2,1-2H3,(H,41,51)(H,45,49,50)/b8-4+. The molecule has 5 aromatic rings. The van der Waals surface area contributed by atoms with E-state index in [4.69, 9.17) is 9.97 Å². The average Bonchev–Trinajstić information content (AvgIpc) is 3.52. The van der Waals surface area contributed by atoms with Gasteiger partial charge >= 0.3 is 0 Å². The van der Waals surface area contributed by atoms with Gasteiger partial charge in [-0.05, 0) is 47.6 Å². The van der Waals surface area contributed by atoms with E-state index in [0.29, 0.717) is 44.6 Å². The van der Waals surface area contributed by atoms with Gasteiger partial charge in [-0.25, -0.2) is 4.98 Å². The first-order chi connectivity index (χ1) is 24.8. The first-order valence-corrected chi connectivity index (χ1v) is 17.4. The number of carbonyl (C=O) groups is 4. The van der Waals surface area contributed by atoms with E-state index in [9.17, 15) is 19.2 Å². The van der Waals surface area contributed by atoms with Gasteiger partial charge in [-0.1, -0.05) is 61.5 Å². The van der Waals surface area contributed by atoms with Crippen LogP contribution in [0.5, 0.6) is 0 Å². The minimum atomic E-state index is -0.325. The van der Waals surface area contributed by atoms with E-state index < -0.39 is 0 Å². The van der Waals surface area contributed by atoms with Crippen LogP contribution in [0.4, 0.5) is 0 Å². The van der Waals surface area contributed by atoms with E-state index in [0.717, 1.165) is 68.9 Å². The number of nitrogens with one attached hydrogen (secondary N) is 2. The molecule has 3 aromatic heterocycles. The molecule has 0 bridgehead atoms. The van der Waals surface area contributed by atoms with Crippen molar-refractivity contribution in [1.82, 2.24) is 35.1 Å². The third kappa shape index (κ3) is 7.05. The highest BCUT2D eigenvalue weighted by Crippen LogP contribution is 2.34. The van der Waals surface area contributed by atoms with Crippen LogP contribution in [0.3, 0.4) is 0 Å². The number of hydrogen-bond donors (Lipinski definition) is 2. The second-order valence-corrected chi connectivity index (χ2v) is 12.9. The smallest absolute Gasteiger partial charge is 0.269 e. The Hall–Kier alpha value is -5.97. The third-order valence-corrected chi connectivity index (χ3v) is 9.62. The lowest BCUT2D eigenvalue weighted by atomic mass is 9.89. The number of fused-ring (bicyclic) bond motifs is 2. The number of carbonyl (C=O) groups excluding carboxylic acids is 4. The van der Waals surface area contributed by atoms with Gasteiger partial charge in [-0.3, -0.25) is 34.5 Å². The fraction of sp³-hybridized carbons (Fsp3) is 0.275. The van der Waals surface area contributed by atoms with Crippen molar-refractivity contribution < 1.29 is 19.2 Å². The van der Waals surface area contributed by atoms with Crippen molar-refractivity contribution in [2.75, 3.05) is 13.1 Å². The van der Waals surface area contributed by atoms with Crippen LogP contribution in [-0.4, -0.2) is 61.1 Å². The number of pyridine rings is 2. The fourth-order valence-corrected chi connectivity index (χ4v) is 6.88. The minimum absolute atomic E-state index is 0.0634. The Kier molecular flexibility index (Phi) is 9.52. The number of rotatable bonds is 9. The first kappa shape index (κ1) is 33.5. The Morgan fingerprint density at radius 3 is 2.67 bits per heavy atom. The van der Waals surface area contributed by atoms with Crippen molar-refractivity contribution in [3.63, 3.8) is 0 Å². The lowest BCUT2D eigenvalue weighted by Gasteiger charge is -2.28. The Bertz CT molecular complexity index is 2190. The monoisotopic (exact) mass is 681 g/mol. The zero-order valence-corrected chi connectivity index (χ0v) is 28.7. The molecule has 4 amide bonds. The molecule has 258 valence electrons. The van der Waals surface area contributed by atoms with Crippen molar-refractivity contribution in [2.24, 2.45) is 0 Å².